The molecule has 3 nitrogen and oxygen atoms in total. The van der Waals surface area contributed by atoms with E-state index < -0.39 is 0 Å². The summed E-state index contributed by atoms with van der Waals surface area (Å²) >= 11 is 0. The maximum atomic E-state index is 12.1. The average Bonchev–Trinajstić information content (AvgIpc) is 2.78. The van der Waals surface area contributed by atoms with Crippen LogP contribution in [0.15, 0.2) is 0 Å². The van der Waals surface area contributed by atoms with Crippen LogP contribution in [0.25, 0.3) is 0 Å². The Hall–Kier alpha value is -0.570. The van der Waals surface area contributed by atoms with Crippen LogP contribution in [0.2, 0.25) is 0 Å². The van der Waals surface area contributed by atoms with Crippen molar-refractivity contribution in [3.8, 4) is 0 Å². The Morgan fingerprint density at radius 1 is 1.29 bits per heavy atom. The van der Waals surface area contributed by atoms with Gasteiger partial charge in [0.1, 0.15) is 0 Å². The largest absolute Gasteiger partial charge is 0.342 e. The quantitative estimate of drug-likeness (QED) is 0.773. The van der Waals surface area contributed by atoms with Gasteiger partial charge in [0.25, 0.3) is 0 Å². The van der Waals surface area contributed by atoms with Gasteiger partial charge < -0.3 is 10.2 Å². The number of hydrogen-bond acceptors (Lipinski definition) is 2. The minimum Gasteiger partial charge on any atom is -0.342 e. The minimum absolute atomic E-state index is 0.0319. The third-order valence-corrected chi connectivity index (χ3v) is 4.05. The molecule has 17 heavy (non-hydrogen) atoms. The first-order valence-corrected chi connectivity index (χ1v) is 7.17. The fourth-order valence-electron chi connectivity index (χ4n) is 2.83. The van der Waals surface area contributed by atoms with Gasteiger partial charge in [-0.25, -0.2) is 0 Å². The number of likely N-dealkylation sites (N-methyl/N-ethyl adjacent to an activating group) is 1. The monoisotopic (exact) mass is 240 g/mol. The maximum absolute atomic E-state index is 12.1. The van der Waals surface area contributed by atoms with Crippen LogP contribution in [0, 0.1) is 5.92 Å². The smallest absolute Gasteiger partial charge is 0.239 e. The number of carbonyl (C=O) groups is 1. The van der Waals surface area contributed by atoms with E-state index in [1.807, 2.05) is 25.7 Å². The molecule has 0 saturated heterocycles. The molecule has 0 aromatic carbocycles. The average molecular weight is 240 g/mol. The fourth-order valence-corrected chi connectivity index (χ4v) is 2.83. The number of nitrogens with one attached hydrogen (secondary N) is 1. The number of carbonyl (C=O) groups excluding carboxylic acids is 1. The first-order chi connectivity index (χ1) is 8.12. The van der Waals surface area contributed by atoms with Gasteiger partial charge in [0.2, 0.25) is 5.91 Å². The second-order valence-corrected chi connectivity index (χ2v) is 5.18. The van der Waals surface area contributed by atoms with Crippen LogP contribution in [0.4, 0.5) is 0 Å². The predicted octanol–water partition coefficient (Wildman–Crippen LogP) is 2.41. The molecule has 0 bridgehead atoms. The van der Waals surface area contributed by atoms with Gasteiger partial charge in [-0.1, -0.05) is 13.3 Å². The summed E-state index contributed by atoms with van der Waals surface area (Å²) in [6.45, 7) is 9.96. The summed E-state index contributed by atoms with van der Waals surface area (Å²) in [4.78, 5) is 14.0. The minimum atomic E-state index is -0.0319. The molecule has 0 aromatic rings. The van der Waals surface area contributed by atoms with Crippen LogP contribution in [0.5, 0.6) is 0 Å². The Morgan fingerprint density at radius 2 is 1.94 bits per heavy atom. The molecule has 1 aliphatic carbocycles. The molecule has 100 valence electrons. The van der Waals surface area contributed by atoms with Gasteiger partial charge in [0.15, 0.2) is 0 Å². The first-order valence-electron chi connectivity index (χ1n) is 7.17. The number of hydrogen-bond donors (Lipinski definition) is 1. The van der Waals surface area contributed by atoms with Gasteiger partial charge in [-0.3, -0.25) is 4.79 Å². The lowest BCUT2D eigenvalue weighted by Crippen LogP contribution is -2.47. The van der Waals surface area contributed by atoms with Crippen molar-refractivity contribution >= 4 is 5.91 Å². The molecule has 0 aromatic heterocycles. The summed E-state index contributed by atoms with van der Waals surface area (Å²) in [6, 6.07) is 0.518. The van der Waals surface area contributed by atoms with E-state index in [4.69, 9.17) is 0 Å². The molecule has 1 fully saturated rings. The van der Waals surface area contributed by atoms with Crippen molar-refractivity contribution in [1.82, 2.24) is 10.2 Å². The molecule has 1 aliphatic rings. The lowest BCUT2D eigenvalue weighted by Gasteiger charge is -2.25. The molecule has 0 aliphatic heterocycles. The zero-order valence-corrected chi connectivity index (χ0v) is 11.8. The van der Waals surface area contributed by atoms with E-state index in [0.29, 0.717) is 6.04 Å². The fraction of sp³-hybridized carbons (Fsp3) is 0.929. The number of nitrogens with zero attached hydrogens (tertiary/aromatic N) is 1. The van der Waals surface area contributed by atoms with Gasteiger partial charge in [0.05, 0.1) is 6.04 Å². The molecular weight excluding hydrogens is 212 g/mol. The van der Waals surface area contributed by atoms with E-state index in [0.717, 1.165) is 19.0 Å². The lowest BCUT2D eigenvalue weighted by atomic mass is 10.1. The molecule has 0 spiro atoms. The third kappa shape index (κ3) is 3.98. The van der Waals surface area contributed by atoms with Gasteiger partial charge in [-0.2, -0.15) is 0 Å². The van der Waals surface area contributed by atoms with Crippen molar-refractivity contribution in [2.75, 3.05) is 13.1 Å². The van der Waals surface area contributed by atoms with E-state index in [9.17, 15) is 4.79 Å². The Labute approximate surface area is 106 Å². The predicted molar refractivity (Wildman–Crippen MR) is 71.9 cm³/mol. The highest BCUT2D eigenvalue weighted by atomic mass is 16.2. The number of rotatable bonds is 6. The molecule has 0 heterocycles. The Balaban J connectivity index is 2.38. The van der Waals surface area contributed by atoms with Crippen molar-refractivity contribution < 1.29 is 4.79 Å². The molecule has 1 amide bonds. The normalized spacial score (nSPS) is 25.9. The summed E-state index contributed by atoms with van der Waals surface area (Å²) < 4.78 is 0. The van der Waals surface area contributed by atoms with Crippen molar-refractivity contribution in [2.24, 2.45) is 5.92 Å². The van der Waals surface area contributed by atoms with Crippen molar-refractivity contribution in [2.45, 2.75) is 65.5 Å². The molecule has 0 radical (unpaired) electrons. The van der Waals surface area contributed by atoms with E-state index in [1.165, 1.54) is 25.7 Å². The molecule has 1 rings (SSSR count). The molecule has 1 N–H and O–H groups in total. The van der Waals surface area contributed by atoms with Crippen LogP contribution in [-0.4, -0.2) is 36.0 Å². The topological polar surface area (TPSA) is 32.3 Å². The highest BCUT2D eigenvalue weighted by molar-refractivity contribution is 5.81. The van der Waals surface area contributed by atoms with Crippen LogP contribution in [-0.2, 0) is 4.79 Å². The van der Waals surface area contributed by atoms with E-state index in [2.05, 4.69) is 12.2 Å². The van der Waals surface area contributed by atoms with Crippen LogP contribution >= 0.6 is 0 Å². The Kier molecular flexibility index (Phi) is 5.96. The lowest BCUT2D eigenvalue weighted by molar-refractivity contribution is -0.132. The van der Waals surface area contributed by atoms with Crippen molar-refractivity contribution in [1.29, 1.82) is 0 Å². The first kappa shape index (κ1) is 14.5. The van der Waals surface area contributed by atoms with Crippen LogP contribution in [0.1, 0.15) is 53.4 Å². The summed E-state index contributed by atoms with van der Waals surface area (Å²) in [6.07, 6.45) is 5.07. The maximum Gasteiger partial charge on any atom is 0.239 e. The molecule has 3 heteroatoms. The summed E-state index contributed by atoms with van der Waals surface area (Å²) in [5.74, 6) is 1.11. The second-order valence-electron chi connectivity index (χ2n) is 5.18. The Bertz CT molecular complexity index is 238. The van der Waals surface area contributed by atoms with Gasteiger partial charge in [0, 0.05) is 19.1 Å². The SMILES string of the molecule is CCC1CCC(NC(C)C(=O)N(CC)CC)C1. The van der Waals surface area contributed by atoms with Crippen molar-refractivity contribution in [3.05, 3.63) is 0 Å². The Morgan fingerprint density at radius 3 is 2.41 bits per heavy atom. The van der Waals surface area contributed by atoms with Gasteiger partial charge in [-0.15, -0.1) is 0 Å². The molecule has 3 atom stereocenters. The molecule has 3 unspecified atom stereocenters. The zero-order chi connectivity index (χ0) is 12.8. The van der Waals surface area contributed by atoms with Gasteiger partial charge in [-0.05, 0) is 46.0 Å². The van der Waals surface area contributed by atoms with Crippen LogP contribution in [0.3, 0.4) is 0 Å². The summed E-state index contributed by atoms with van der Waals surface area (Å²) in [5, 5.41) is 3.50. The van der Waals surface area contributed by atoms with Crippen LogP contribution < -0.4 is 5.32 Å². The van der Waals surface area contributed by atoms with E-state index in [1.54, 1.807) is 0 Å². The van der Waals surface area contributed by atoms with E-state index >= 15 is 0 Å². The highest BCUT2D eigenvalue weighted by Gasteiger charge is 2.27. The van der Waals surface area contributed by atoms with Crippen molar-refractivity contribution in [3.63, 3.8) is 0 Å². The molecule has 1 saturated carbocycles. The van der Waals surface area contributed by atoms with E-state index in [-0.39, 0.29) is 11.9 Å². The zero-order valence-electron chi connectivity index (χ0n) is 11.8. The highest BCUT2D eigenvalue weighted by Crippen LogP contribution is 2.28. The second kappa shape index (κ2) is 7.00. The summed E-state index contributed by atoms with van der Waals surface area (Å²) in [7, 11) is 0. The van der Waals surface area contributed by atoms with Gasteiger partial charge >= 0.3 is 0 Å². The summed E-state index contributed by atoms with van der Waals surface area (Å²) in [5.41, 5.74) is 0. The molecular formula is C14H28N2O. The number of amides is 1. The standard InChI is InChI=1S/C14H28N2O/c1-5-12-8-9-13(10-12)15-11(4)14(17)16(6-2)7-3/h11-13,15H,5-10H2,1-4H3. The third-order valence-electron chi connectivity index (χ3n) is 4.05.